The molecule has 2 aromatic carbocycles. The van der Waals surface area contributed by atoms with Gasteiger partial charge in [-0.1, -0.05) is 36.7 Å². The Hall–Kier alpha value is -3.72. The molecule has 0 saturated heterocycles. The first kappa shape index (κ1) is 23.0. The third kappa shape index (κ3) is 4.78. The molecule has 1 aromatic heterocycles. The Balaban J connectivity index is 2.26. The van der Waals surface area contributed by atoms with Gasteiger partial charge in [0.05, 0.1) is 5.69 Å². The summed E-state index contributed by atoms with van der Waals surface area (Å²) >= 11 is 6.31. The molecule has 0 aliphatic heterocycles. The Morgan fingerprint density at radius 3 is 2.34 bits per heavy atom. The van der Waals surface area contributed by atoms with Gasteiger partial charge < -0.3 is 16.2 Å². The predicted molar refractivity (Wildman–Crippen MR) is 117 cm³/mol. The Kier molecular flexibility index (Phi) is 6.89. The number of nitrogens with zero attached hydrogens (tertiary/aromatic N) is 2. The van der Waals surface area contributed by atoms with E-state index >= 15 is 0 Å². The predicted octanol–water partition coefficient (Wildman–Crippen LogP) is 5.05. The number of carbonyl (C=O) groups excluding carboxylic acids is 2. The lowest BCUT2D eigenvalue weighted by Gasteiger charge is -2.22. The minimum atomic E-state index is -1.16. The van der Waals surface area contributed by atoms with Crippen molar-refractivity contribution in [2.45, 2.75) is 20.0 Å². The van der Waals surface area contributed by atoms with Crippen molar-refractivity contribution in [1.82, 2.24) is 4.98 Å². The summed E-state index contributed by atoms with van der Waals surface area (Å²) in [5.74, 6) is -2.20. The minimum absolute atomic E-state index is 0.177. The number of urea groups is 1. The van der Waals surface area contributed by atoms with E-state index in [1.54, 1.807) is 24.3 Å². The number of halogens is 3. The van der Waals surface area contributed by atoms with Gasteiger partial charge in [-0.25, -0.2) is 28.3 Å². The van der Waals surface area contributed by atoms with Crippen molar-refractivity contribution in [2.75, 3.05) is 4.90 Å². The number of hydrogen-bond donors (Lipinski definition) is 2. The Bertz CT molecular complexity index is 1170. The van der Waals surface area contributed by atoms with Crippen molar-refractivity contribution in [3.05, 3.63) is 76.3 Å². The molecule has 166 valence electrons. The molecule has 3 rings (SSSR count). The maximum atomic E-state index is 14.5. The highest BCUT2D eigenvalue weighted by molar-refractivity contribution is 6.31. The Morgan fingerprint density at radius 2 is 1.75 bits per heavy atom. The molecule has 0 fully saturated rings. The number of pyridine rings is 1. The summed E-state index contributed by atoms with van der Waals surface area (Å²) in [7, 11) is 0. The van der Waals surface area contributed by atoms with Gasteiger partial charge in [0, 0.05) is 10.6 Å². The van der Waals surface area contributed by atoms with Gasteiger partial charge in [-0.05, 0) is 47.9 Å². The van der Waals surface area contributed by atoms with Gasteiger partial charge in [-0.3, -0.25) is 0 Å². The Labute approximate surface area is 187 Å². The van der Waals surface area contributed by atoms with E-state index in [2.05, 4.69) is 4.98 Å². The van der Waals surface area contributed by atoms with Crippen molar-refractivity contribution in [3.8, 4) is 11.3 Å². The second-order valence-electron chi connectivity index (χ2n) is 6.69. The molecule has 0 bridgehead atoms. The van der Waals surface area contributed by atoms with Crippen LogP contribution in [0, 0.1) is 11.6 Å². The minimum Gasteiger partial charge on any atom is -0.445 e. The van der Waals surface area contributed by atoms with Crippen molar-refractivity contribution >= 4 is 35.2 Å². The summed E-state index contributed by atoms with van der Waals surface area (Å²) in [5, 5.41) is 0.499. The molecule has 0 radical (unpaired) electrons. The van der Waals surface area contributed by atoms with Crippen LogP contribution < -0.4 is 16.4 Å². The number of nitrogens with two attached hydrogens (primary N) is 2. The van der Waals surface area contributed by atoms with Gasteiger partial charge in [-0.2, -0.15) is 0 Å². The molecule has 0 aliphatic rings. The van der Waals surface area contributed by atoms with Gasteiger partial charge in [-0.15, -0.1) is 0 Å². The second-order valence-corrected chi connectivity index (χ2v) is 7.10. The summed E-state index contributed by atoms with van der Waals surface area (Å²) in [4.78, 5) is 28.4. The number of primary amides is 2. The number of hydrogen-bond acceptors (Lipinski definition) is 4. The van der Waals surface area contributed by atoms with Gasteiger partial charge in [0.25, 0.3) is 0 Å². The number of carbonyl (C=O) groups is 2. The molecule has 4 N–H and O–H groups in total. The van der Waals surface area contributed by atoms with E-state index in [0.29, 0.717) is 33.2 Å². The first-order valence-electron chi connectivity index (χ1n) is 9.47. The van der Waals surface area contributed by atoms with E-state index in [1.807, 2.05) is 6.92 Å². The third-order valence-electron chi connectivity index (χ3n) is 4.61. The number of anilines is 2. The number of para-hydroxylation sites is 1. The van der Waals surface area contributed by atoms with Crippen molar-refractivity contribution in [2.24, 2.45) is 11.5 Å². The largest absolute Gasteiger partial charge is 0.445 e. The van der Waals surface area contributed by atoms with Gasteiger partial charge in [0.15, 0.2) is 0 Å². The molecule has 0 spiro atoms. The zero-order valence-corrected chi connectivity index (χ0v) is 17.7. The quantitative estimate of drug-likeness (QED) is 0.535. The molecule has 10 heteroatoms. The fraction of sp³-hybridized carbons (Fsp3) is 0.136. The monoisotopic (exact) mass is 460 g/mol. The highest BCUT2D eigenvalue weighted by Crippen LogP contribution is 2.34. The molecule has 7 nitrogen and oxygen atoms in total. The van der Waals surface area contributed by atoms with E-state index in [-0.39, 0.29) is 12.4 Å². The summed E-state index contributed by atoms with van der Waals surface area (Å²) in [5.41, 5.74) is 11.9. The summed E-state index contributed by atoms with van der Waals surface area (Å²) in [6, 6.07) is 10.1. The lowest BCUT2D eigenvalue weighted by Crippen LogP contribution is -2.33. The number of ether oxygens (including phenoxy) is 1. The molecule has 0 unspecified atom stereocenters. The summed E-state index contributed by atoms with van der Waals surface area (Å²) in [6.07, 6.45) is -0.455. The second kappa shape index (κ2) is 9.61. The van der Waals surface area contributed by atoms with Crippen LogP contribution in [0.25, 0.3) is 11.3 Å². The van der Waals surface area contributed by atoms with Gasteiger partial charge in [0.2, 0.25) is 0 Å². The SMILES string of the molecule is CCc1c(Cl)cccc1-c1cc(COC(N)=O)cc(N(C(N)=O)c2c(F)cccc2F)n1. The number of rotatable bonds is 6. The van der Waals surface area contributed by atoms with E-state index in [0.717, 1.165) is 23.8 Å². The van der Waals surface area contributed by atoms with Crippen LogP contribution >= 0.6 is 11.6 Å². The first-order chi connectivity index (χ1) is 15.2. The standard InChI is InChI=1S/C22H19ClF2N4O3/c1-2-13-14(5-3-6-15(13)23)18-9-12(11-32-22(27)31)10-19(28-18)29(21(26)30)20-16(24)7-4-8-17(20)25/h3-10H,2,11H2,1H3,(H2,26,30)(H2,27,31). The van der Waals surface area contributed by atoms with E-state index < -0.39 is 29.4 Å². The van der Waals surface area contributed by atoms with E-state index in [9.17, 15) is 18.4 Å². The van der Waals surface area contributed by atoms with Crippen LogP contribution in [0.5, 0.6) is 0 Å². The Morgan fingerprint density at radius 1 is 1.09 bits per heavy atom. The van der Waals surface area contributed by atoms with Gasteiger partial charge >= 0.3 is 12.1 Å². The average Bonchev–Trinajstić information content (AvgIpc) is 2.74. The number of amides is 3. The highest BCUT2D eigenvalue weighted by atomic mass is 35.5. The fourth-order valence-electron chi connectivity index (χ4n) is 3.26. The van der Waals surface area contributed by atoms with Gasteiger partial charge in [0.1, 0.15) is 29.7 Å². The molecular weight excluding hydrogens is 442 g/mol. The molecule has 3 amide bonds. The van der Waals surface area contributed by atoms with Crippen LogP contribution in [0.3, 0.4) is 0 Å². The van der Waals surface area contributed by atoms with Crippen LogP contribution in [0.2, 0.25) is 5.02 Å². The van der Waals surface area contributed by atoms with Crippen LogP contribution in [0.1, 0.15) is 18.1 Å². The molecule has 0 atom stereocenters. The summed E-state index contributed by atoms with van der Waals surface area (Å²) in [6.45, 7) is 1.63. The number of aromatic nitrogens is 1. The zero-order chi connectivity index (χ0) is 23.4. The topological polar surface area (TPSA) is 112 Å². The van der Waals surface area contributed by atoms with Crippen molar-refractivity contribution < 1.29 is 23.1 Å². The van der Waals surface area contributed by atoms with Crippen LogP contribution in [0.4, 0.5) is 29.9 Å². The lowest BCUT2D eigenvalue weighted by molar-refractivity contribution is 0.150. The molecule has 0 saturated carbocycles. The van der Waals surface area contributed by atoms with Crippen molar-refractivity contribution in [3.63, 3.8) is 0 Å². The van der Waals surface area contributed by atoms with E-state index in [1.165, 1.54) is 6.07 Å². The smallest absolute Gasteiger partial charge is 0.404 e. The molecular formula is C22H19ClF2N4O3. The molecule has 3 aromatic rings. The van der Waals surface area contributed by atoms with Crippen LogP contribution in [-0.4, -0.2) is 17.1 Å². The normalized spacial score (nSPS) is 10.6. The molecule has 32 heavy (non-hydrogen) atoms. The fourth-order valence-corrected chi connectivity index (χ4v) is 3.57. The van der Waals surface area contributed by atoms with Crippen LogP contribution in [0.15, 0.2) is 48.5 Å². The maximum absolute atomic E-state index is 14.5. The van der Waals surface area contributed by atoms with E-state index in [4.69, 9.17) is 27.8 Å². The third-order valence-corrected chi connectivity index (χ3v) is 4.97. The van der Waals surface area contributed by atoms with Crippen LogP contribution in [-0.2, 0) is 17.8 Å². The molecule has 1 heterocycles. The summed E-state index contributed by atoms with van der Waals surface area (Å²) < 4.78 is 33.8. The first-order valence-corrected chi connectivity index (χ1v) is 9.85. The number of benzene rings is 2. The average molecular weight is 461 g/mol. The highest BCUT2D eigenvalue weighted by Gasteiger charge is 2.25. The maximum Gasteiger partial charge on any atom is 0.404 e. The zero-order valence-electron chi connectivity index (χ0n) is 16.9. The lowest BCUT2D eigenvalue weighted by atomic mass is 10.0. The van der Waals surface area contributed by atoms with Crippen molar-refractivity contribution in [1.29, 1.82) is 0 Å². The molecule has 0 aliphatic carbocycles.